The highest BCUT2D eigenvalue weighted by Crippen LogP contribution is 2.16. The van der Waals surface area contributed by atoms with Crippen LogP contribution in [0.1, 0.15) is 11.1 Å². The molecule has 0 aliphatic heterocycles. The summed E-state index contributed by atoms with van der Waals surface area (Å²) < 4.78 is 0. The molecular weight excluding hydrogens is 142 g/mol. The zero-order valence-corrected chi connectivity index (χ0v) is 6.96. The first-order chi connectivity index (χ1) is 4.74. The van der Waals surface area contributed by atoms with Crippen LogP contribution < -0.4 is 5.14 Å². The van der Waals surface area contributed by atoms with E-state index in [9.17, 15) is 0 Å². The van der Waals surface area contributed by atoms with Crippen LogP contribution in [0.25, 0.3) is 0 Å². The fourth-order valence-corrected chi connectivity index (χ4v) is 1.15. The van der Waals surface area contributed by atoms with Gasteiger partial charge in [0.2, 0.25) is 0 Å². The highest BCUT2D eigenvalue weighted by molar-refractivity contribution is 7.96. The van der Waals surface area contributed by atoms with Crippen molar-refractivity contribution in [3.8, 4) is 0 Å². The van der Waals surface area contributed by atoms with Crippen molar-refractivity contribution in [1.29, 1.82) is 0 Å². The van der Waals surface area contributed by atoms with E-state index in [4.69, 9.17) is 5.14 Å². The molecule has 1 radical (unpaired) electrons. The maximum Gasteiger partial charge on any atom is 0.0243 e. The van der Waals surface area contributed by atoms with Crippen LogP contribution in [0.4, 0.5) is 0 Å². The van der Waals surface area contributed by atoms with Crippen molar-refractivity contribution in [3.63, 3.8) is 0 Å². The van der Waals surface area contributed by atoms with Gasteiger partial charge < -0.3 is 0 Å². The minimum absolute atomic E-state index is 1.02. The number of nitrogens with one attached hydrogen (secondary N) is 1. The summed E-state index contributed by atoms with van der Waals surface area (Å²) in [5.74, 6) is 0. The summed E-state index contributed by atoms with van der Waals surface area (Å²) in [7, 11) is 0. The van der Waals surface area contributed by atoms with Gasteiger partial charge in [-0.15, -0.1) is 0 Å². The molecule has 1 rings (SSSR count). The van der Waals surface area contributed by atoms with Crippen molar-refractivity contribution in [2.75, 3.05) is 0 Å². The largest absolute Gasteiger partial charge is 0.186 e. The third-order valence-corrected chi connectivity index (χ3v) is 2.09. The molecule has 0 saturated heterocycles. The Bertz CT molecular complexity index is 233. The molecule has 0 saturated carbocycles. The van der Waals surface area contributed by atoms with Crippen molar-refractivity contribution in [2.24, 2.45) is 0 Å². The van der Waals surface area contributed by atoms with Crippen LogP contribution in [-0.2, 0) is 0 Å². The molecule has 0 bridgehead atoms. The van der Waals surface area contributed by atoms with Gasteiger partial charge in [0, 0.05) is 4.90 Å². The topological polar surface area (TPSA) is 23.8 Å². The second-order valence-corrected chi connectivity index (χ2v) is 3.02. The molecule has 0 amide bonds. The minimum atomic E-state index is 1.02. The van der Waals surface area contributed by atoms with Gasteiger partial charge in [0.05, 0.1) is 0 Å². The van der Waals surface area contributed by atoms with Crippen molar-refractivity contribution >= 4 is 11.9 Å². The van der Waals surface area contributed by atoms with Gasteiger partial charge in [-0.3, -0.25) is 0 Å². The summed E-state index contributed by atoms with van der Waals surface area (Å²) in [6.45, 7) is 4.14. The van der Waals surface area contributed by atoms with Crippen LogP contribution >= 0.6 is 11.9 Å². The molecule has 0 spiro atoms. The molecule has 53 valence electrons. The standard InChI is InChI=1S/C8H10NS/c1-6-3-4-8(10-9)5-7(6)2/h3-5,9H,1-2H3. The maximum atomic E-state index is 7.03. The van der Waals surface area contributed by atoms with Gasteiger partial charge in [-0.05, 0) is 49.1 Å². The van der Waals surface area contributed by atoms with Crippen molar-refractivity contribution in [3.05, 3.63) is 29.3 Å². The molecule has 0 fully saturated rings. The highest BCUT2D eigenvalue weighted by Gasteiger charge is 1.93. The van der Waals surface area contributed by atoms with E-state index in [-0.39, 0.29) is 0 Å². The normalized spacial score (nSPS) is 9.90. The van der Waals surface area contributed by atoms with Crippen LogP contribution in [0.2, 0.25) is 0 Å². The Morgan fingerprint density at radius 1 is 1.20 bits per heavy atom. The van der Waals surface area contributed by atoms with Crippen LogP contribution in [0.5, 0.6) is 0 Å². The van der Waals surface area contributed by atoms with E-state index in [0.717, 1.165) is 16.8 Å². The molecule has 10 heavy (non-hydrogen) atoms. The van der Waals surface area contributed by atoms with E-state index in [1.54, 1.807) is 0 Å². The summed E-state index contributed by atoms with van der Waals surface area (Å²) in [5, 5.41) is 7.03. The summed E-state index contributed by atoms with van der Waals surface area (Å²) in [5.41, 5.74) is 2.55. The number of hydrogen-bond acceptors (Lipinski definition) is 1. The van der Waals surface area contributed by atoms with Crippen LogP contribution in [0, 0.1) is 13.8 Å². The van der Waals surface area contributed by atoms with E-state index in [1.807, 2.05) is 18.2 Å². The lowest BCUT2D eigenvalue weighted by Gasteiger charge is -1.99. The van der Waals surface area contributed by atoms with E-state index in [2.05, 4.69) is 13.8 Å². The molecule has 2 heteroatoms. The van der Waals surface area contributed by atoms with Crippen molar-refractivity contribution in [2.45, 2.75) is 18.7 Å². The lowest BCUT2D eigenvalue weighted by Crippen LogP contribution is -1.80. The summed E-state index contributed by atoms with van der Waals surface area (Å²) in [6, 6.07) is 6.05. The molecule has 0 aromatic heterocycles. The highest BCUT2D eigenvalue weighted by atomic mass is 32.2. The fraction of sp³-hybridized carbons (Fsp3) is 0.250. The average Bonchev–Trinajstić information content (AvgIpc) is 1.95. The molecular formula is C8H10NS. The minimum Gasteiger partial charge on any atom is -0.186 e. The first-order valence-corrected chi connectivity index (χ1v) is 3.96. The fourth-order valence-electron chi connectivity index (χ4n) is 0.777. The molecule has 1 aromatic carbocycles. The molecule has 0 aliphatic rings. The van der Waals surface area contributed by atoms with Crippen LogP contribution in [-0.4, -0.2) is 0 Å². The lowest BCUT2D eigenvalue weighted by atomic mass is 10.1. The SMILES string of the molecule is Cc1ccc(S[NH])cc1C. The number of hydrogen-bond donors (Lipinski definition) is 0. The van der Waals surface area contributed by atoms with Crippen molar-refractivity contribution in [1.82, 2.24) is 5.14 Å². The Hall–Kier alpha value is -0.470. The summed E-state index contributed by atoms with van der Waals surface area (Å²) in [6.07, 6.45) is 0. The maximum absolute atomic E-state index is 7.03. The van der Waals surface area contributed by atoms with Crippen molar-refractivity contribution < 1.29 is 0 Å². The number of benzene rings is 1. The van der Waals surface area contributed by atoms with E-state index < -0.39 is 0 Å². The molecule has 0 heterocycles. The molecule has 0 unspecified atom stereocenters. The Kier molecular flexibility index (Phi) is 2.35. The Balaban J connectivity index is 3.04. The van der Waals surface area contributed by atoms with Crippen LogP contribution in [0.15, 0.2) is 23.1 Å². The van der Waals surface area contributed by atoms with Gasteiger partial charge in [0.1, 0.15) is 0 Å². The lowest BCUT2D eigenvalue weighted by molar-refractivity contribution is 1.28. The van der Waals surface area contributed by atoms with Gasteiger partial charge in [0.15, 0.2) is 0 Å². The van der Waals surface area contributed by atoms with Gasteiger partial charge in [-0.25, -0.2) is 0 Å². The third kappa shape index (κ3) is 1.52. The van der Waals surface area contributed by atoms with Gasteiger partial charge in [-0.1, -0.05) is 6.07 Å². The Morgan fingerprint density at radius 3 is 2.40 bits per heavy atom. The second kappa shape index (κ2) is 3.08. The molecule has 1 aromatic rings. The van der Waals surface area contributed by atoms with Gasteiger partial charge >= 0.3 is 0 Å². The molecule has 1 nitrogen and oxygen atoms in total. The van der Waals surface area contributed by atoms with Gasteiger partial charge in [0.25, 0.3) is 0 Å². The molecule has 0 aliphatic carbocycles. The molecule has 1 N–H and O–H groups in total. The summed E-state index contributed by atoms with van der Waals surface area (Å²) >= 11 is 1.04. The van der Waals surface area contributed by atoms with E-state index >= 15 is 0 Å². The quantitative estimate of drug-likeness (QED) is 0.567. The monoisotopic (exact) mass is 152 g/mol. The first kappa shape index (κ1) is 7.63. The van der Waals surface area contributed by atoms with E-state index in [1.165, 1.54) is 11.1 Å². The smallest absolute Gasteiger partial charge is 0.0243 e. The third-order valence-electron chi connectivity index (χ3n) is 1.60. The van der Waals surface area contributed by atoms with Crippen LogP contribution in [0.3, 0.4) is 0 Å². The predicted molar refractivity (Wildman–Crippen MR) is 44.9 cm³/mol. The predicted octanol–water partition coefficient (Wildman–Crippen LogP) is 2.59. The molecule has 0 atom stereocenters. The summed E-state index contributed by atoms with van der Waals surface area (Å²) in [4.78, 5) is 1.02. The van der Waals surface area contributed by atoms with Gasteiger partial charge in [-0.2, -0.15) is 5.14 Å². The first-order valence-electron chi connectivity index (χ1n) is 3.15. The average molecular weight is 152 g/mol. The number of aryl methyl sites for hydroxylation is 2. The Morgan fingerprint density at radius 2 is 1.90 bits per heavy atom. The zero-order valence-electron chi connectivity index (χ0n) is 6.14. The second-order valence-electron chi connectivity index (χ2n) is 2.35. The van der Waals surface area contributed by atoms with E-state index in [0.29, 0.717) is 0 Å². The Labute approximate surface area is 65.8 Å². The number of rotatable bonds is 1. The zero-order chi connectivity index (χ0) is 7.56.